The normalized spacial score (nSPS) is 10.1. The summed E-state index contributed by atoms with van der Waals surface area (Å²) in [4.78, 5) is 21.9. The zero-order valence-electron chi connectivity index (χ0n) is 11.2. The zero-order chi connectivity index (χ0) is 16.1. The number of carbonyl (C=O) groups excluding carboxylic acids is 1. The third-order valence-electron chi connectivity index (χ3n) is 2.72. The van der Waals surface area contributed by atoms with Gasteiger partial charge < -0.3 is 10.6 Å². The molecule has 0 aliphatic heterocycles. The predicted molar refractivity (Wildman–Crippen MR) is 81.6 cm³/mol. The smallest absolute Gasteiger partial charge is 0.292 e. The van der Waals surface area contributed by atoms with Crippen molar-refractivity contribution < 1.29 is 14.1 Å². The first kappa shape index (κ1) is 15.7. The summed E-state index contributed by atoms with van der Waals surface area (Å²) in [6, 6.07) is 9.44. The first-order valence-corrected chi connectivity index (χ1v) is 6.57. The average molecular weight is 324 g/mol. The molecule has 6 nitrogen and oxygen atoms in total. The average Bonchev–Trinajstić information content (AvgIpc) is 2.47. The molecule has 0 heterocycles. The van der Waals surface area contributed by atoms with Gasteiger partial charge in [-0.1, -0.05) is 11.6 Å². The van der Waals surface area contributed by atoms with Crippen molar-refractivity contribution in [2.24, 2.45) is 0 Å². The summed E-state index contributed by atoms with van der Waals surface area (Å²) >= 11 is 5.73. The van der Waals surface area contributed by atoms with Crippen LogP contribution in [0.1, 0.15) is 0 Å². The van der Waals surface area contributed by atoms with Crippen molar-refractivity contribution in [2.75, 3.05) is 17.2 Å². The maximum atomic E-state index is 13.1. The minimum absolute atomic E-state index is 0.0590. The zero-order valence-corrected chi connectivity index (χ0v) is 11.9. The van der Waals surface area contributed by atoms with Crippen LogP contribution in [0.15, 0.2) is 42.5 Å². The Hall–Kier alpha value is -2.67. The van der Waals surface area contributed by atoms with Gasteiger partial charge in [0.2, 0.25) is 5.91 Å². The lowest BCUT2D eigenvalue weighted by Crippen LogP contribution is -2.22. The van der Waals surface area contributed by atoms with Gasteiger partial charge in [0, 0.05) is 22.8 Å². The topological polar surface area (TPSA) is 84.3 Å². The molecule has 0 saturated heterocycles. The van der Waals surface area contributed by atoms with Crippen LogP contribution in [0.5, 0.6) is 0 Å². The van der Waals surface area contributed by atoms with Gasteiger partial charge in [0.05, 0.1) is 11.5 Å². The molecular weight excluding hydrogens is 313 g/mol. The highest BCUT2D eigenvalue weighted by atomic mass is 35.5. The molecule has 0 spiro atoms. The Labute approximate surface area is 130 Å². The summed E-state index contributed by atoms with van der Waals surface area (Å²) < 4.78 is 13.1. The van der Waals surface area contributed by atoms with Gasteiger partial charge in [-0.25, -0.2) is 4.39 Å². The Balaban J connectivity index is 2.00. The molecule has 0 aliphatic rings. The van der Waals surface area contributed by atoms with Crippen LogP contribution >= 0.6 is 11.6 Å². The van der Waals surface area contributed by atoms with Gasteiger partial charge in [0.1, 0.15) is 11.5 Å². The molecule has 0 fully saturated rings. The Morgan fingerprint density at radius 1 is 1.23 bits per heavy atom. The maximum absolute atomic E-state index is 13.1. The van der Waals surface area contributed by atoms with Crippen LogP contribution in [0.2, 0.25) is 5.02 Å². The van der Waals surface area contributed by atoms with E-state index in [1.54, 1.807) is 24.3 Å². The maximum Gasteiger partial charge on any atom is 0.292 e. The monoisotopic (exact) mass is 323 g/mol. The van der Waals surface area contributed by atoms with E-state index in [-0.39, 0.29) is 17.9 Å². The molecule has 0 atom stereocenters. The predicted octanol–water partition coefficient (Wildman–Crippen LogP) is 3.44. The van der Waals surface area contributed by atoms with Crippen molar-refractivity contribution >= 4 is 34.6 Å². The number of carbonyl (C=O) groups is 1. The molecule has 2 aromatic carbocycles. The molecule has 0 unspecified atom stereocenters. The van der Waals surface area contributed by atoms with Gasteiger partial charge in [0.15, 0.2) is 0 Å². The molecule has 0 radical (unpaired) electrons. The first-order valence-electron chi connectivity index (χ1n) is 6.19. The molecule has 2 aromatic rings. The van der Waals surface area contributed by atoms with Crippen molar-refractivity contribution in [3.8, 4) is 0 Å². The SMILES string of the molecule is O=C(CNc1cc(F)ccc1[N+](=O)[O-])Nc1ccc(Cl)cc1. The Bertz CT molecular complexity index is 707. The van der Waals surface area contributed by atoms with E-state index in [2.05, 4.69) is 10.6 Å². The van der Waals surface area contributed by atoms with E-state index >= 15 is 0 Å². The Kier molecular flexibility index (Phi) is 4.90. The van der Waals surface area contributed by atoms with Crippen LogP contribution in [0, 0.1) is 15.9 Å². The third kappa shape index (κ3) is 4.16. The molecule has 2 rings (SSSR count). The van der Waals surface area contributed by atoms with E-state index in [1.807, 2.05) is 0 Å². The summed E-state index contributed by atoms with van der Waals surface area (Å²) in [5, 5.41) is 16.5. The molecule has 1 amide bonds. The second kappa shape index (κ2) is 6.86. The van der Waals surface area contributed by atoms with E-state index in [0.29, 0.717) is 10.7 Å². The largest absolute Gasteiger partial charge is 0.370 e. The number of benzene rings is 2. The third-order valence-corrected chi connectivity index (χ3v) is 2.97. The Morgan fingerprint density at radius 2 is 1.91 bits per heavy atom. The van der Waals surface area contributed by atoms with Gasteiger partial charge >= 0.3 is 0 Å². The lowest BCUT2D eigenvalue weighted by Gasteiger charge is -2.08. The minimum atomic E-state index is -0.654. The highest BCUT2D eigenvalue weighted by Gasteiger charge is 2.15. The molecule has 0 aliphatic carbocycles. The number of nitro groups is 1. The van der Waals surface area contributed by atoms with Gasteiger partial charge in [-0.15, -0.1) is 0 Å². The number of hydrogen-bond acceptors (Lipinski definition) is 4. The van der Waals surface area contributed by atoms with E-state index in [0.717, 1.165) is 18.2 Å². The van der Waals surface area contributed by atoms with Crippen molar-refractivity contribution in [2.45, 2.75) is 0 Å². The van der Waals surface area contributed by atoms with Crippen LogP contribution in [0.3, 0.4) is 0 Å². The second-order valence-electron chi connectivity index (χ2n) is 4.33. The highest BCUT2D eigenvalue weighted by molar-refractivity contribution is 6.30. The fourth-order valence-electron chi connectivity index (χ4n) is 1.72. The summed E-state index contributed by atoms with van der Waals surface area (Å²) in [5.74, 6) is -1.06. The highest BCUT2D eigenvalue weighted by Crippen LogP contribution is 2.24. The van der Waals surface area contributed by atoms with Crippen molar-refractivity contribution in [3.63, 3.8) is 0 Å². The van der Waals surface area contributed by atoms with Crippen LogP contribution in [0.4, 0.5) is 21.5 Å². The van der Waals surface area contributed by atoms with Crippen LogP contribution < -0.4 is 10.6 Å². The number of hydrogen-bond donors (Lipinski definition) is 2. The van der Waals surface area contributed by atoms with Gasteiger partial charge in [-0.05, 0) is 30.3 Å². The molecule has 0 aromatic heterocycles. The number of nitro benzene ring substituents is 1. The standard InChI is InChI=1S/C14H11ClFN3O3/c15-9-1-4-11(5-2-9)18-14(20)8-17-12-7-10(16)3-6-13(12)19(21)22/h1-7,17H,8H2,(H,18,20). The molecule has 0 bridgehead atoms. The van der Waals surface area contributed by atoms with Crippen molar-refractivity contribution in [1.29, 1.82) is 0 Å². The van der Waals surface area contributed by atoms with Crippen LogP contribution in [0.25, 0.3) is 0 Å². The van der Waals surface area contributed by atoms with Gasteiger partial charge in [0.25, 0.3) is 5.69 Å². The molecule has 22 heavy (non-hydrogen) atoms. The van der Waals surface area contributed by atoms with Crippen molar-refractivity contribution in [1.82, 2.24) is 0 Å². The quantitative estimate of drug-likeness (QED) is 0.652. The van der Waals surface area contributed by atoms with E-state index < -0.39 is 16.6 Å². The number of anilines is 2. The Morgan fingerprint density at radius 3 is 2.55 bits per heavy atom. The number of halogens is 2. The van der Waals surface area contributed by atoms with Crippen LogP contribution in [-0.4, -0.2) is 17.4 Å². The lowest BCUT2D eigenvalue weighted by atomic mass is 10.2. The van der Waals surface area contributed by atoms with Gasteiger partial charge in [-0.2, -0.15) is 0 Å². The fraction of sp³-hybridized carbons (Fsp3) is 0.0714. The minimum Gasteiger partial charge on any atom is -0.370 e. The van der Waals surface area contributed by atoms with Crippen molar-refractivity contribution in [3.05, 3.63) is 63.4 Å². The molecule has 0 saturated carbocycles. The van der Waals surface area contributed by atoms with E-state index in [4.69, 9.17) is 11.6 Å². The number of amides is 1. The van der Waals surface area contributed by atoms with Crippen LogP contribution in [-0.2, 0) is 4.79 Å². The second-order valence-corrected chi connectivity index (χ2v) is 4.76. The molecular formula is C14H11ClFN3O3. The number of rotatable bonds is 5. The van der Waals surface area contributed by atoms with E-state index in [1.165, 1.54) is 0 Å². The molecule has 2 N–H and O–H groups in total. The van der Waals surface area contributed by atoms with Gasteiger partial charge in [-0.3, -0.25) is 14.9 Å². The summed E-state index contributed by atoms with van der Waals surface area (Å²) in [6.45, 7) is -0.243. The number of nitrogens with zero attached hydrogens (tertiary/aromatic N) is 1. The summed E-state index contributed by atoms with van der Waals surface area (Å²) in [6.07, 6.45) is 0. The fourth-order valence-corrected chi connectivity index (χ4v) is 1.85. The summed E-state index contributed by atoms with van der Waals surface area (Å²) in [5.41, 5.74) is 0.168. The molecule has 8 heteroatoms. The summed E-state index contributed by atoms with van der Waals surface area (Å²) in [7, 11) is 0. The van der Waals surface area contributed by atoms with E-state index in [9.17, 15) is 19.3 Å². The number of nitrogens with one attached hydrogen (secondary N) is 2. The first-order chi connectivity index (χ1) is 10.5. The lowest BCUT2D eigenvalue weighted by molar-refractivity contribution is -0.384. The molecule has 114 valence electrons.